The summed E-state index contributed by atoms with van der Waals surface area (Å²) in [6.45, 7) is 2.06. The van der Waals surface area contributed by atoms with Gasteiger partial charge in [-0.2, -0.15) is 0 Å². The summed E-state index contributed by atoms with van der Waals surface area (Å²) in [6.07, 6.45) is 0.205. The van der Waals surface area contributed by atoms with Crippen LogP contribution in [-0.4, -0.2) is 10.1 Å². The molecule has 0 spiro atoms. The van der Waals surface area contributed by atoms with Crippen LogP contribution in [0.2, 0.25) is 0 Å². The standard InChI is InChI=1S/C14H13NO3S/c1-2-8-5-6-19-13(8)12(16)9-3-4-10-11(7-9)18-14(17)15-10/h3-7,12,16H,2H2,1H3,(H,15,17). The molecule has 3 rings (SSSR count). The molecule has 1 unspecified atom stereocenters. The van der Waals surface area contributed by atoms with Crippen LogP contribution < -0.4 is 5.76 Å². The number of nitrogens with one attached hydrogen (secondary N) is 1. The Kier molecular flexibility index (Phi) is 3.00. The first-order valence-corrected chi connectivity index (χ1v) is 6.94. The van der Waals surface area contributed by atoms with Crippen LogP contribution in [0.3, 0.4) is 0 Å². The highest BCUT2D eigenvalue weighted by Gasteiger charge is 2.16. The highest BCUT2D eigenvalue weighted by molar-refractivity contribution is 7.10. The first kappa shape index (κ1) is 12.2. The SMILES string of the molecule is CCc1ccsc1C(O)c1ccc2[nH]c(=O)oc2c1. The van der Waals surface area contributed by atoms with E-state index in [0.717, 1.165) is 22.4 Å². The summed E-state index contributed by atoms with van der Waals surface area (Å²) in [5.74, 6) is -0.480. The van der Waals surface area contributed by atoms with Crippen LogP contribution in [0, 0.1) is 0 Å². The topological polar surface area (TPSA) is 66.2 Å². The van der Waals surface area contributed by atoms with Crippen LogP contribution >= 0.6 is 11.3 Å². The van der Waals surface area contributed by atoms with Gasteiger partial charge in [-0.05, 0) is 41.1 Å². The Morgan fingerprint density at radius 3 is 3.05 bits per heavy atom. The van der Waals surface area contributed by atoms with Gasteiger partial charge in [-0.1, -0.05) is 13.0 Å². The fraction of sp³-hybridized carbons (Fsp3) is 0.214. The summed E-state index contributed by atoms with van der Waals surface area (Å²) >= 11 is 1.54. The van der Waals surface area contributed by atoms with Crippen molar-refractivity contribution < 1.29 is 9.52 Å². The third-order valence-corrected chi connectivity index (χ3v) is 4.18. The van der Waals surface area contributed by atoms with Crippen LogP contribution in [0.25, 0.3) is 11.1 Å². The molecule has 3 aromatic rings. The number of oxazole rings is 1. The lowest BCUT2D eigenvalue weighted by Crippen LogP contribution is -1.99. The molecule has 0 aliphatic carbocycles. The monoisotopic (exact) mass is 275 g/mol. The molecule has 1 aromatic carbocycles. The average molecular weight is 275 g/mol. The summed E-state index contributed by atoms with van der Waals surface area (Å²) in [6, 6.07) is 7.28. The maximum atomic E-state index is 11.1. The number of rotatable bonds is 3. The predicted molar refractivity (Wildman–Crippen MR) is 74.6 cm³/mol. The summed E-state index contributed by atoms with van der Waals surface area (Å²) in [7, 11) is 0. The highest BCUT2D eigenvalue weighted by atomic mass is 32.1. The number of aryl methyl sites for hydroxylation is 1. The summed E-state index contributed by atoms with van der Waals surface area (Å²) in [5, 5.41) is 12.4. The fourth-order valence-corrected chi connectivity index (χ4v) is 3.17. The Morgan fingerprint density at radius 2 is 2.26 bits per heavy atom. The van der Waals surface area contributed by atoms with Gasteiger partial charge in [0.25, 0.3) is 0 Å². The molecular formula is C14H13NO3S. The minimum absolute atomic E-state index is 0.469. The second-order valence-electron chi connectivity index (χ2n) is 4.34. The van der Waals surface area contributed by atoms with E-state index in [1.54, 1.807) is 18.2 Å². The van der Waals surface area contributed by atoms with E-state index in [1.165, 1.54) is 11.3 Å². The van der Waals surface area contributed by atoms with Gasteiger partial charge in [0.05, 0.1) is 5.52 Å². The molecule has 19 heavy (non-hydrogen) atoms. The van der Waals surface area contributed by atoms with Crippen LogP contribution in [-0.2, 0) is 6.42 Å². The molecule has 1 atom stereocenters. The number of thiophene rings is 1. The van der Waals surface area contributed by atoms with Crippen molar-refractivity contribution >= 4 is 22.4 Å². The zero-order chi connectivity index (χ0) is 13.4. The zero-order valence-electron chi connectivity index (χ0n) is 10.3. The average Bonchev–Trinajstić information content (AvgIpc) is 3.01. The van der Waals surface area contributed by atoms with E-state index in [4.69, 9.17) is 4.42 Å². The van der Waals surface area contributed by atoms with E-state index in [1.807, 2.05) is 11.4 Å². The van der Waals surface area contributed by atoms with Gasteiger partial charge < -0.3 is 9.52 Å². The molecule has 0 fully saturated rings. The van der Waals surface area contributed by atoms with Gasteiger partial charge in [-0.3, -0.25) is 4.98 Å². The lowest BCUT2D eigenvalue weighted by Gasteiger charge is -2.11. The van der Waals surface area contributed by atoms with E-state index in [-0.39, 0.29) is 0 Å². The van der Waals surface area contributed by atoms with Gasteiger partial charge in [0.15, 0.2) is 5.58 Å². The van der Waals surface area contributed by atoms with Crippen molar-refractivity contribution in [3.05, 3.63) is 56.2 Å². The molecule has 98 valence electrons. The Morgan fingerprint density at radius 1 is 1.42 bits per heavy atom. The van der Waals surface area contributed by atoms with E-state index in [2.05, 4.69) is 11.9 Å². The van der Waals surface area contributed by atoms with E-state index >= 15 is 0 Å². The van der Waals surface area contributed by atoms with Crippen molar-refractivity contribution in [1.29, 1.82) is 0 Å². The van der Waals surface area contributed by atoms with Gasteiger partial charge in [0.1, 0.15) is 6.10 Å². The zero-order valence-corrected chi connectivity index (χ0v) is 11.2. The molecule has 0 amide bonds. The Hall–Kier alpha value is -1.85. The molecule has 2 heterocycles. The van der Waals surface area contributed by atoms with Crippen molar-refractivity contribution in [3.63, 3.8) is 0 Å². The minimum Gasteiger partial charge on any atom is -0.408 e. The van der Waals surface area contributed by atoms with Crippen LogP contribution in [0.1, 0.15) is 29.0 Å². The lowest BCUT2D eigenvalue weighted by molar-refractivity contribution is 0.223. The second-order valence-corrected chi connectivity index (χ2v) is 5.28. The van der Waals surface area contributed by atoms with E-state index < -0.39 is 11.9 Å². The normalized spacial score (nSPS) is 12.9. The number of aliphatic hydroxyl groups is 1. The molecule has 0 bridgehead atoms. The molecule has 0 aliphatic rings. The largest absolute Gasteiger partial charge is 0.417 e. The first-order chi connectivity index (χ1) is 9.19. The quantitative estimate of drug-likeness (QED) is 0.772. The lowest BCUT2D eigenvalue weighted by atomic mass is 10.0. The number of hydrogen-bond donors (Lipinski definition) is 2. The van der Waals surface area contributed by atoms with Crippen LogP contribution in [0.15, 0.2) is 38.9 Å². The van der Waals surface area contributed by atoms with Gasteiger partial charge in [0.2, 0.25) is 0 Å². The number of hydrogen-bond acceptors (Lipinski definition) is 4. The van der Waals surface area contributed by atoms with Gasteiger partial charge >= 0.3 is 5.76 Å². The molecule has 2 aromatic heterocycles. The Balaban J connectivity index is 2.05. The van der Waals surface area contributed by atoms with Crippen LogP contribution in [0.4, 0.5) is 0 Å². The van der Waals surface area contributed by atoms with E-state index in [0.29, 0.717) is 11.1 Å². The second kappa shape index (κ2) is 4.68. The molecule has 5 heteroatoms. The predicted octanol–water partition coefficient (Wildman–Crippen LogP) is 2.83. The summed E-state index contributed by atoms with van der Waals surface area (Å²) < 4.78 is 5.01. The first-order valence-electron chi connectivity index (χ1n) is 6.06. The van der Waals surface area contributed by atoms with Gasteiger partial charge in [0, 0.05) is 4.88 Å². The maximum Gasteiger partial charge on any atom is 0.417 e. The molecule has 0 saturated heterocycles. The number of fused-ring (bicyclic) bond motifs is 1. The minimum atomic E-state index is -0.681. The number of aromatic nitrogens is 1. The number of H-pyrrole nitrogens is 1. The van der Waals surface area contributed by atoms with Crippen molar-refractivity contribution in [3.8, 4) is 0 Å². The summed E-state index contributed by atoms with van der Waals surface area (Å²) in [5.41, 5.74) is 2.99. The molecule has 0 saturated carbocycles. The highest BCUT2D eigenvalue weighted by Crippen LogP contribution is 2.31. The molecule has 4 nitrogen and oxygen atoms in total. The van der Waals surface area contributed by atoms with E-state index in [9.17, 15) is 9.90 Å². The number of aliphatic hydroxyl groups excluding tert-OH is 1. The number of benzene rings is 1. The Labute approximate surface area is 113 Å². The van der Waals surface area contributed by atoms with Gasteiger partial charge in [-0.25, -0.2) is 4.79 Å². The molecular weight excluding hydrogens is 262 g/mol. The third-order valence-electron chi connectivity index (χ3n) is 3.17. The summed E-state index contributed by atoms with van der Waals surface area (Å²) in [4.78, 5) is 14.6. The van der Waals surface area contributed by atoms with Crippen LogP contribution in [0.5, 0.6) is 0 Å². The smallest absolute Gasteiger partial charge is 0.408 e. The molecule has 2 N–H and O–H groups in total. The number of aromatic amines is 1. The molecule has 0 radical (unpaired) electrons. The third kappa shape index (κ3) is 2.11. The fourth-order valence-electron chi connectivity index (χ4n) is 2.16. The Bertz CT molecular complexity index is 768. The van der Waals surface area contributed by atoms with Crippen molar-refractivity contribution in [2.24, 2.45) is 0 Å². The molecule has 0 aliphatic heterocycles. The van der Waals surface area contributed by atoms with Gasteiger partial charge in [-0.15, -0.1) is 11.3 Å². The van der Waals surface area contributed by atoms with Crippen molar-refractivity contribution in [1.82, 2.24) is 4.98 Å². The van der Waals surface area contributed by atoms with Crippen molar-refractivity contribution in [2.45, 2.75) is 19.4 Å². The van der Waals surface area contributed by atoms with Crippen molar-refractivity contribution in [2.75, 3.05) is 0 Å². The maximum absolute atomic E-state index is 11.1.